The topological polar surface area (TPSA) is 68.2 Å². The van der Waals surface area contributed by atoms with Gasteiger partial charge in [-0.15, -0.1) is 0 Å². The number of carbonyl (C=O) groups excluding carboxylic acids is 1. The molecule has 1 heterocycles. The van der Waals surface area contributed by atoms with Gasteiger partial charge in [-0.2, -0.15) is 5.10 Å². The zero-order valence-electron chi connectivity index (χ0n) is 13.4. The van der Waals surface area contributed by atoms with Crippen LogP contribution in [-0.2, 0) is 13.1 Å². The van der Waals surface area contributed by atoms with Crippen LogP contribution in [0.4, 0.5) is 10.5 Å². The number of nitrogens with zero attached hydrogens (tertiary/aromatic N) is 2. The van der Waals surface area contributed by atoms with Gasteiger partial charge in [-0.3, -0.25) is 4.68 Å². The third-order valence-corrected chi connectivity index (χ3v) is 3.60. The number of anilines is 1. The summed E-state index contributed by atoms with van der Waals surface area (Å²) in [6, 6.07) is 6.95. The van der Waals surface area contributed by atoms with Crippen molar-refractivity contribution >= 4 is 11.7 Å². The first-order valence-corrected chi connectivity index (χ1v) is 7.27. The molecule has 0 atom stereocenters. The first kappa shape index (κ1) is 15.9. The molecule has 6 heteroatoms. The lowest BCUT2D eigenvalue weighted by molar-refractivity contribution is 0.251. The van der Waals surface area contributed by atoms with E-state index in [1.807, 2.05) is 25.5 Å². The summed E-state index contributed by atoms with van der Waals surface area (Å²) in [6.07, 6.45) is 0. The van der Waals surface area contributed by atoms with Gasteiger partial charge in [-0.25, -0.2) is 4.79 Å². The molecule has 2 amide bonds. The largest absolute Gasteiger partial charge is 0.497 e. The molecule has 22 heavy (non-hydrogen) atoms. The van der Waals surface area contributed by atoms with Crippen molar-refractivity contribution in [2.24, 2.45) is 0 Å². The monoisotopic (exact) mass is 302 g/mol. The second kappa shape index (κ2) is 6.98. The van der Waals surface area contributed by atoms with Crippen LogP contribution in [0.15, 0.2) is 24.3 Å². The van der Waals surface area contributed by atoms with E-state index in [0.29, 0.717) is 6.54 Å². The minimum absolute atomic E-state index is 0.242. The molecule has 0 radical (unpaired) electrons. The Labute approximate surface area is 130 Å². The van der Waals surface area contributed by atoms with Gasteiger partial charge in [0, 0.05) is 30.0 Å². The van der Waals surface area contributed by atoms with E-state index in [9.17, 15) is 4.79 Å². The molecule has 1 aromatic carbocycles. The van der Waals surface area contributed by atoms with Gasteiger partial charge in [-0.05, 0) is 45.0 Å². The third-order valence-electron chi connectivity index (χ3n) is 3.60. The van der Waals surface area contributed by atoms with E-state index in [2.05, 4.69) is 15.7 Å². The van der Waals surface area contributed by atoms with Crippen molar-refractivity contribution in [3.8, 4) is 5.75 Å². The number of aromatic nitrogens is 2. The number of rotatable bonds is 5. The van der Waals surface area contributed by atoms with E-state index in [0.717, 1.165) is 34.9 Å². The summed E-state index contributed by atoms with van der Waals surface area (Å²) in [5, 5.41) is 10.1. The molecule has 0 aliphatic carbocycles. The normalized spacial score (nSPS) is 10.4. The minimum atomic E-state index is -0.242. The summed E-state index contributed by atoms with van der Waals surface area (Å²) in [6.45, 7) is 7.30. The average molecular weight is 302 g/mol. The second-order valence-electron chi connectivity index (χ2n) is 5.00. The van der Waals surface area contributed by atoms with E-state index >= 15 is 0 Å². The van der Waals surface area contributed by atoms with E-state index < -0.39 is 0 Å². The molecule has 0 saturated heterocycles. The van der Waals surface area contributed by atoms with Gasteiger partial charge >= 0.3 is 6.03 Å². The molecule has 0 unspecified atom stereocenters. The number of methoxy groups -OCH3 is 1. The van der Waals surface area contributed by atoms with E-state index in [1.54, 1.807) is 31.4 Å². The number of hydrogen-bond donors (Lipinski definition) is 2. The Hall–Kier alpha value is -2.50. The molecule has 0 spiro atoms. The summed E-state index contributed by atoms with van der Waals surface area (Å²) < 4.78 is 7.02. The molecule has 2 N–H and O–H groups in total. The number of carbonyl (C=O) groups is 1. The molecule has 0 aliphatic heterocycles. The average Bonchev–Trinajstić information content (AvgIpc) is 2.80. The van der Waals surface area contributed by atoms with Gasteiger partial charge in [0.25, 0.3) is 0 Å². The standard InChI is InChI=1S/C16H22N4O2/c1-5-20-12(3)15(11(2)19-20)10-17-16(21)18-13-6-8-14(22-4)9-7-13/h6-9H,5,10H2,1-4H3,(H2,17,18,21). The minimum Gasteiger partial charge on any atom is -0.497 e. The maximum atomic E-state index is 12.0. The number of benzene rings is 1. The Bertz CT molecular complexity index is 647. The maximum Gasteiger partial charge on any atom is 0.319 e. The molecule has 0 bridgehead atoms. The molecule has 6 nitrogen and oxygen atoms in total. The van der Waals surface area contributed by atoms with Crippen LogP contribution in [0.5, 0.6) is 5.75 Å². The number of hydrogen-bond acceptors (Lipinski definition) is 3. The van der Waals surface area contributed by atoms with E-state index in [-0.39, 0.29) is 6.03 Å². The summed E-state index contributed by atoms with van der Waals surface area (Å²) >= 11 is 0. The molecular formula is C16H22N4O2. The highest BCUT2D eigenvalue weighted by atomic mass is 16.5. The Balaban J connectivity index is 1.93. The highest BCUT2D eigenvalue weighted by Crippen LogP contribution is 2.15. The van der Waals surface area contributed by atoms with Crippen molar-refractivity contribution in [3.63, 3.8) is 0 Å². The third kappa shape index (κ3) is 3.58. The van der Waals surface area contributed by atoms with Crippen molar-refractivity contribution in [1.29, 1.82) is 0 Å². The zero-order chi connectivity index (χ0) is 16.1. The number of urea groups is 1. The van der Waals surface area contributed by atoms with Gasteiger partial charge < -0.3 is 15.4 Å². The van der Waals surface area contributed by atoms with Gasteiger partial charge in [0.15, 0.2) is 0 Å². The molecule has 0 fully saturated rings. The molecule has 0 saturated carbocycles. The summed E-state index contributed by atoms with van der Waals surface area (Å²) in [5.41, 5.74) is 3.82. The molecule has 2 aromatic rings. The highest BCUT2D eigenvalue weighted by molar-refractivity contribution is 5.89. The molecule has 118 valence electrons. The predicted molar refractivity (Wildman–Crippen MR) is 86.2 cm³/mol. The number of amides is 2. The van der Waals surface area contributed by atoms with Gasteiger partial charge in [-0.1, -0.05) is 0 Å². The molecular weight excluding hydrogens is 280 g/mol. The predicted octanol–water partition coefficient (Wildman–Crippen LogP) is 2.85. The number of ether oxygens (including phenoxy) is 1. The Morgan fingerprint density at radius 1 is 1.27 bits per heavy atom. The fourth-order valence-electron chi connectivity index (χ4n) is 2.32. The van der Waals surface area contributed by atoms with Crippen LogP contribution in [0.25, 0.3) is 0 Å². The van der Waals surface area contributed by atoms with Gasteiger partial charge in [0.1, 0.15) is 5.75 Å². The summed E-state index contributed by atoms with van der Waals surface area (Å²) in [7, 11) is 1.61. The molecule has 2 rings (SSSR count). The Kier molecular flexibility index (Phi) is 5.04. The number of aryl methyl sites for hydroxylation is 2. The zero-order valence-corrected chi connectivity index (χ0v) is 13.4. The first-order chi connectivity index (χ1) is 10.5. The van der Waals surface area contributed by atoms with Gasteiger partial charge in [0.05, 0.1) is 12.8 Å². The summed E-state index contributed by atoms with van der Waals surface area (Å²) in [5.74, 6) is 0.754. The van der Waals surface area contributed by atoms with Crippen LogP contribution >= 0.6 is 0 Å². The van der Waals surface area contributed by atoms with Crippen LogP contribution in [0.1, 0.15) is 23.9 Å². The van der Waals surface area contributed by atoms with Crippen molar-refractivity contribution in [2.75, 3.05) is 12.4 Å². The van der Waals surface area contributed by atoms with Crippen molar-refractivity contribution < 1.29 is 9.53 Å². The molecule has 0 aliphatic rings. The van der Waals surface area contributed by atoms with Gasteiger partial charge in [0.2, 0.25) is 0 Å². The second-order valence-corrected chi connectivity index (χ2v) is 5.00. The first-order valence-electron chi connectivity index (χ1n) is 7.27. The van der Waals surface area contributed by atoms with Crippen LogP contribution in [0.2, 0.25) is 0 Å². The van der Waals surface area contributed by atoms with E-state index in [1.165, 1.54) is 0 Å². The SMILES string of the molecule is CCn1nc(C)c(CNC(=O)Nc2ccc(OC)cc2)c1C. The van der Waals surface area contributed by atoms with Crippen LogP contribution in [0, 0.1) is 13.8 Å². The summed E-state index contributed by atoms with van der Waals surface area (Å²) in [4.78, 5) is 12.0. The fourth-order valence-corrected chi connectivity index (χ4v) is 2.32. The Morgan fingerprint density at radius 3 is 2.50 bits per heavy atom. The molecule has 1 aromatic heterocycles. The lowest BCUT2D eigenvalue weighted by Crippen LogP contribution is -2.28. The highest BCUT2D eigenvalue weighted by Gasteiger charge is 2.11. The van der Waals surface area contributed by atoms with Crippen molar-refractivity contribution in [3.05, 3.63) is 41.2 Å². The Morgan fingerprint density at radius 2 is 1.95 bits per heavy atom. The van der Waals surface area contributed by atoms with Crippen LogP contribution < -0.4 is 15.4 Å². The maximum absolute atomic E-state index is 12.0. The smallest absolute Gasteiger partial charge is 0.319 e. The van der Waals surface area contributed by atoms with Crippen molar-refractivity contribution in [2.45, 2.75) is 33.9 Å². The van der Waals surface area contributed by atoms with Crippen molar-refractivity contribution in [1.82, 2.24) is 15.1 Å². The quantitative estimate of drug-likeness (QED) is 0.892. The lowest BCUT2D eigenvalue weighted by atomic mass is 10.2. The van der Waals surface area contributed by atoms with Crippen LogP contribution in [0.3, 0.4) is 0 Å². The van der Waals surface area contributed by atoms with Crippen LogP contribution in [-0.4, -0.2) is 22.9 Å². The lowest BCUT2D eigenvalue weighted by Gasteiger charge is -2.09. The van der Waals surface area contributed by atoms with E-state index in [4.69, 9.17) is 4.74 Å². The number of nitrogens with one attached hydrogen (secondary N) is 2. The fraction of sp³-hybridized carbons (Fsp3) is 0.375.